The number of benzene rings is 2. The molecule has 1 amide bonds. The van der Waals surface area contributed by atoms with Crippen LogP contribution in [0.4, 0.5) is 17.3 Å². The third-order valence-electron chi connectivity index (χ3n) is 3.15. The van der Waals surface area contributed by atoms with E-state index in [9.17, 15) is 4.79 Å². The zero-order chi connectivity index (χ0) is 17.8. The summed E-state index contributed by atoms with van der Waals surface area (Å²) in [7, 11) is 0. The van der Waals surface area contributed by atoms with Crippen molar-refractivity contribution < 1.29 is 4.79 Å². The molecule has 0 aliphatic carbocycles. The predicted octanol–water partition coefficient (Wildman–Crippen LogP) is 5.43. The van der Waals surface area contributed by atoms with Crippen molar-refractivity contribution in [2.24, 2.45) is 0 Å². The topological polar surface area (TPSA) is 66.9 Å². The number of hydrogen-bond acceptors (Lipinski definition) is 4. The number of nitrogens with one attached hydrogen (secondary N) is 2. The van der Waals surface area contributed by atoms with E-state index in [4.69, 9.17) is 34.8 Å². The van der Waals surface area contributed by atoms with Gasteiger partial charge in [-0.2, -0.15) is 0 Å². The SMILES string of the molecule is O=C(Nc1cc(Cl)cc(Cl)c1)c1cnc(Nc2ccccc2Cl)nc1. The molecule has 0 spiro atoms. The standard InChI is InChI=1S/C17H11Cl3N4O/c18-11-5-12(19)7-13(6-11)23-16(25)10-8-21-17(22-9-10)24-15-4-2-1-3-14(15)20/h1-9H,(H,23,25)(H,21,22,24). The Kier molecular flexibility index (Phi) is 5.38. The molecule has 0 fully saturated rings. The van der Waals surface area contributed by atoms with Crippen molar-refractivity contribution in [2.45, 2.75) is 0 Å². The van der Waals surface area contributed by atoms with Crippen LogP contribution in [-0.4, -0.2) is 15.9 Å². The Labute approximate surface area is 159 Å². The number of hydrogen-bond donors (Lipinski definition) is 2. The molecule has 2 aromatic carbocycles. The van der Waals surface area contributed by atoms with Gasteiger partial charge in [0.25, 0.3) is 5.91 Å². The molecule has 0 atom stereocenters. The highest BCUT2D eigenvalue weighted by molar-refractivity contribution is 6.35. The van der Waals surface area contributed by atoms with Gasteiger partial charge in [-0.05, 0) is 30.3 Å². The monoisotopic (exact) mass is 392 g/mol. The summed E-state index contributed by atoms with van der Waals surface area (Å²) >= 11 is 17.9. The van der Waals surface area contributed by atoms with Crippen molar-refractivity contribution in [1.29, 1.82) is 0 Å². The normalized spacial score (nSPS) is 10.4. The summed E-state index contributed by atoms with van der Waals surface area (Å²) in [6.07, 6.45) is 2.82. The van der Waals surface area contributed by atoms with Crippen LogP contribution < -0.4 is 10.6 Å². The van der Waals surface area contributed by atoms with Crippen LogP contribution in [0.2, 0.25) is 15.1 Å². The van der Waals surface area contributed by atoms with Crippen LogP contribution in [0.3, 0.4) is 0 Å². The molecule has 0 radical (unpaired) electrons. The fourth-order valence-corrected chi connectivity index (χ4v) is 2.73. The lowest BCUT2D eigenvalue weighted by molar-refractivity contribution is 0.102. The highest BCUT2D eigenvalue weighted by Crippen LogP contribution is 2.24. The first-order valence-electron chi connectivity index (χ1n) is 7.12. The van der Waals surface area contributed by atoms with E-state index in [2.05, 4.69) is 20.6 Å². The van der Waals surface area contributed by atoms with Gasteiger partial charge in [-0.1, -0.05) is 46.9 Å². The molecule has 5 nitrogen and oxygen atoms in total. The molecule has 0 aliphatic heterocycles. The molecule has 25 heavy (non-hydrogen) atoms. The first-order chi connectivity index (χ1) is 12.0. The largest absolute Gasteiger partial charge is 0.323 e. The molecule has 3 aromatic rings. The van der Waals surface area contributed by atoms with E-state index in [0.29, 0.717) is 38.0 Å². The van der Waals surface area contributed by atoms with E-state index in [0.717, 1.165) is 0 Å². The number of nitrogens with zero attached hydrogens (tertiary/aromatic N) is 2. The lowest BCUT2D eigenvalue weighted by Gasteiger charge is -2.08. The minimum Gasteiger partial charge on any atom is -0.323 e. The molecule has 1 heterocycles. The van der Waals surface area contributed by atoms with Crippen LogP contribution in [-0.2, 0) is 0 Å². The second kappa shape index (κ2) is 7.70. The first kappa shape index (κ1) is 17.5. The van der Waals surface area contributed by atoms with Gasteiger partial charge >= 0.3 is 0 Å². The summed E-state index contributed by atoms with van der Waals surface area (Å²) in [6, 6.07) is 12.0. The molecule has 126 valence electrons. The minimum atomic E-state index is -0.373. The Hall–Kier alpha value is -2.34. The van der Waals surface area contributed by atoms with Gasteiger partial charge in [0, 0.05) is 28.1 Å². The van der Waals surface area contributed by atoms with Gasteiger partial charge in [0.05, 0.1) is 16.3 Å². The molecule has 0 unspecified atom stereocenters. The molecule has 3 rings (SSSR count). The Morgan fingerprint density at radius 1 is 0.920 bits per heavy atom. The average Bonchev–Trinajstić information content (AvgIpc) is 2.56. The van der Waals surface area contributed by atoms with Gasteiger partial charge in [-0.3, -0.25) is 4.79 Å². The molecule has 0 aliphatic rings. The second-order valence-corrected chi connectivity index (χ2v) is 6.29. The number of para-hydroxylation sites is 1. The Morgan fingerprint density at radius 3 is 2.20 bits per heavy atom. The predicted molar refractivity (Wildman–Crippen MR) is 101 cm³/mol. The summed E-state index contributed by atoms with van der Waals surface area (Å²) in [6.45, 7) is 0. The third kappa shape index (κ3) is 4.60. The average molecular weight is 394 g/mol. The van der Waals surface area contributed by atoms with Crippen molar-refractivity contribution in [1.82, 2.24) is 9.97 Å². The molecular formula is C17H11Cl3N4O. The molecule has 2 N–H and O–H groups in total. The minimum absolute atomic E-state index is 0.292. The van der Waals surface area contributed by atoms with Crippen molar-refractivity contribution in [3.63, 3.8) is 0 Å². The van der Waals surface area contributed by atoms with Gasteiger partial charge in [-0.15, -0.1) is 0 Å². The fourth-order valence-electron chi connectivity index (χ4n) is 2.02. The number of aromatic nitrogens is 2. The van der Waals surface area contributed by atoms with Crippen molar-refractivity contribution in [2.75, 3.05) is 10.6 Å². The van der Waals surface area contributed by atoms with Crippen LogP contribution in [0.5, 0.6) is 0 Å². The second-order valence-electron chi connectivity index (χ2n) is 5.01. The van der Waals surface area contributed by atoms with Gasteiger partial charge in [-0.25, -0.2) is 9.97 Å². The van der Waals surface area contributed by atoms with Crippen LogP contribution in [0, 0.1) is 0 Å². The third-order valence-corrected chi connectivity index (χ3v) is 3.92. The van der Waals surface area contributed by atoms with E-state index < -0.39 is 0 Å². The summed E-state index contributed by atoms with van der Waals surface area (Å²) in [4.78, 5) is 20.5. The number of anilines is 3. The number of carbonyl (C=O) groups excluding carboxylic acids is 1. The maximum Gasteiger partial charge on any atom is 0.258 e. The molecule has 1 aromatic heterocycles. The number of rotatable bonds is 4. The summed E-state index contributed by atoms with van der Waals surface area (Å²) in [5, 5.41) is 7.08. The summed E-state index contributed by atoms with van der Waals surface area (Å²) in [5.74, 6) is -0.0434. The van der Waals surface area contributed by atoms with E-state index >= 15 is 0 Å². The van der Waals surface area contributed by atoms with Crippen molar-refractivity contribution in [3.8, 4) is 0 Å². The molecule has 0 bridgehead atoms. The molecule has 0 saturated heterocycles. The number of amides is 1. The lowest BCUT2D eigenvalue weighted by atomic mass is 10.2. The summed E-state index contributed by atoms with van der Waals surface area (Å²) < 4.78 is 0. The molecule has 8 heteroatoms. The Morgan fingerprint density at radius 2 is 1.56 bits per heavy atom. The highest BCUT2D eigenvalue weighted by atomic mass is 35.5. The van der Waals surface area contributed by atoms with Crippen molar-refractivity contribution >= 4 is 58.0 Å². The van der Waals surface area contributed by atoms with Crippen molar-refractivity contribution in [3.05, 3.63) is 75.5 Å². The van der Waals surface area contributed by atoms with E-state index in [1.165, 1.54) is 12.4 Å². The van der Waals surface area contributed by atoms with Crippen LogP contribution in [0.25, 0.3) is 0 Å². The lowest BCUT2D eigenvalue weighted by Crippen LogP contribution is -2.13. The number of halogens is 3. The molecular weight excluding hydrogens is 383 g/mol. The first-order valence-corrected chi connectivity index (χ1v) is 8.26. The highest BCUT2D eigenvalue weighted by Gasteiger charge is 2.09. The Bertz CT molecular complexity index is 896. The van der Waals surface area contributed by atoms with Gasteiger partial charge in [0.1, 0.15) is 0 Å². The molecule has 0 saturated carbocycles. The zero-order valence-corrected chi connectivity index (χ0v) is 14.9. The van der Waals surface area contributed by atoms with Crippen LogP contribution in [0.15, 0.2) is 54.9 Å². The quantitative estimate of drug-likeness (QED) is 0.620. The fraction of sp³-hybridized carbons (Fsp3) is 0. The van der Waals surface area contributed by atoms with Crippen LogP contribution in [0.1, 0.15) is 10.4 Å². The Balaban J connectivity index is 1.71. The van der Waals surface area contributed by atoms with E-state index in [1.54, 1.807) is 30.3 Å². The van der Waals surface area contributed by atoms with E-state index in [1.807, 2.05) is 12.1 Å². The zero-order valence-electron chi connectivity index (χ0n) is 12.6. The number of carbonyl (C=O) groups is 1. The maximum absolute atomic E-state index is 12.2. The van der Waals surface area contributed by atoms with Gasteiger partial charge in [0.15, 0.2) is 0 Å². The van der Waals surface area contributed by atoms with Crippen LogP contribution >= 0.6 is 34.8 Å². The smallest absolute Gasteiger partial charge is 0.258 e. The van der Waals surface area contributed by atoms with E-state index in [-0.39, 0.29) is 5.91 Å². The summed E-state index contributed by atoms with van der Waals surface area (Å²) in [5.41, 5.74) is 1.46. The van der Waals surface area contributed by atoms with Gasteiger partial charge in [0.2, 0.25) is 5.95 Å². The maximum atomic E-state index is 12.2. The van der Waals surface area contributed by atoms with Gasteiger partial charge < -0.3 is 10.6 Å².